The van der Waals surface area contributed by atoms with Crippen molar-refractivity contribution in [3.05, 3.63) is 24.3 Å². The molecule has 2 atom stereocenters. The summed E-state index contributed by atoms with van der Waals surface area (Å²) in [6.07, 6.45) is 0. The van der Waals surface area contributed by atoms with Crippen molar-refractivity contribution in [2.45, 2.75) is 13.0 Å². The highest BCUT2D eigenvalue weighted by Gasteiger charge is 2.15. The normalized spacial score (nSPS) is 22.4. The molecule has 0 aliphatic carbocycles. The van der Waals surface area contributed by atoms with Crippen molar-refractivity contribution < 1.29 is 0 Å². The van der Waals surface area contributed by atoms with Crippen molar-refractivity contribution in [1.82, 2.24) is 5.32 Å². The van der Waals surface area contributed by atoms with Gasteiger partial charge >= 0.3 is 0 Å². The van der Waals surface area contributed by atoms with Gasteiger partial charge < -0.3 is 10.2 Å². The lowest BCUT2D eigenvalue weighted by Crippen LogP contribution is -2.49. The predicted molar refractivity (Wildman–Crippen MR) is 65.5 cm³/mol. The van der Waals surface area contributed by atoms with Gasteiger partial charge in [0.05, 0.1) is 0 Å². The fourth-order valence-corrected chi connectivity index (χ4v) is 2.04. The second-order valence-corrected chi connectivity index (χ2v) is 4.56. The van der Waals surface area contributed by atoms with Crippen molar-refractivity contribution in [3.63, 3.8) is 0 Å². The third-order valence-corrected chi connectivity index (χ3v) is 3.01. The van der Waals surface area contributed by atoms with Crippen LogP contribution in [0.3, 0.4) is 0 Å². The maximum atomic E-state index is 3.45. The van der Waals surface area contributed by atoms with E-state index in [0.717, 1.165) is 19.6 Å². The zero-order valence-electron chi connectivity index (χ0n) is 8.53. The van der Waals surface area contributed by atoms with Gasteiger partial charge in [0.2, 0.25) is 0 Å². The largest absolute Gasteiger partial charge is 0.369 e. The molecular weight excluding hydrogens is 191 g/mol. The Labute approximate surface area is 87.9 Å². The Morgan fingerprint density at radius 2 is 2.07 bits per heavy atom. The molecule has 0 aromatic heterocycles. The summed E-state index contributed by atoms with van der Waals surface area (Å²) >= 11 is 0. The Hall–Kier alpha value is -0.590. The molecule has 76 valence electrons. The molecule has 0 radical (unpaired) electrons. The van der Waals surface area contributed by atoms with Crippen LogP contribution in [-0.4, -0.2) is 25.7 Å². The first-order valence-corrected chi connectivity index (χ1v) is 5.67. The molecule has 1 fully saturated rings. The van der Waals surface area contributed by atoms with Gasteiger partial charge in [0.1, 0.15) is 0 Å². The first kappa shape index (κ1) is 9.95. The molecule has 2 rings (SSSR count). The standard InChI is InChI=1S/C11H17N2P/c1-9-8-13(7-6-12-9)10-2-4-11(14)5-3-10/h2-5,9,12H,6-8,14H2,1H3. The van der Waals surface area contributed by atoms with Gasteiger partial charge in [-0.05, 0) is 24.4 Å². The van der Waals surface area contributed by atoms with E-state index in [1.807, 2.05) is 0 Å². The minimum atomic E-state index is 0.597. The third kappa shape index (κ3) is 2.26. The molecule has 1 N–H and O–H groups in total. The summed E-state index contributed by atoms with van der Waals surface area (Å²) in [5, 5.41) is 4.69. The molecule has 3 heteroatoms. The van der Waals surface area contributed by atoms with Crippen molar-refractivity contribution >= 4 is 20.2 Å². The molecule has 0 saturated carbocycles. The molecule has 1 saturated heterocycles. The summed E-state index contributed by atoms with van der Waals surface area (Å²) in [6.45, 7) is 5.54. The van der Waals surface area contributed by atoms with Crippen LogP contribution in [-0.2, 0) is 0 Å². The number of nitrogens with one attached hydrogen (secondary N) is 1. The maximum Gasteiger partial charge on any atom is 0.0367 e. The number of rotatable bonds is 1. The average molecular weight is 208 g/mol. The van der Waals surface area contributed by atoms with Gasteiger partial charge in [-0.1, -0.05) is 12.1 Å². The van der Waals surface area contributed by atoms with E-state index in [9.17, 15) is 0 Å². The van der Waals surface area contributed by atoms with E-state index >= 15 is 0 Å². The Bertz CT molecular complexity index is 297. The van der Waals surface area contributed by atoms with Crippen molar-refractivity contribution in [2.24, 2.45) is 0 Å². The van der Waals surface area contributed by atoms with Gasteiger partial charge in [-0.3, -0.25) is 0 Å². The fourth-order valence-electron chi connectivity index (χ4n) is 1.85. The minimum Gasteiger partial charge on any atom is -0.369 e. The van der Waals surface area contributed by atoms with Crippen LogP contribution in [0.25, 0.3) is 0 Å². The smallest absolute Gasteiger partial charge is 0.0367 e. The van der Waals surface area contributed by atoms with Crippen LogP contribution in [0.5, 0.6) is 0 Å². The Kier molecular flexibility index (Phi) is 3.05. The highest BCUT2D eigenvalue weighted by Crippen LogP contribution is 2.14. The van der Waals surface area contributed by atoms with Crippen molar-refractivity contribution in [2.75, 3.05) is 24.5 Å². The van der Waals surface area contributed by atoms with E-state index in [0.29, 0.717) is 6.04 Å². The second-order valence-electron chi connectivity index (χ2n) is 3.89. The second kappa shape index (κ2) is 4.29. The van der Waals surface area contributed by atoms with Crippen LogP contribution in [0, 0.1) is 0 Å². The molecule has 1 heterocycles. The Balaban J connectivity index is 2.10. The van der Waals surface area contributed by atoms with Gasteiger partial charge in [0, 0.05) is 31.4 Å². The number of hydrogen-bond acceptors (Lipinski definition) is 2. The summed E-state index contributed by atoms with van der Waals surface area (Å²) in [7, 11) is 2.72. The molecule has 0 amide bonds. The van der Waals surface area contributed by atoms with Crippen LogP contribution >= 0.6 is 9.24 Å². The quantitative estimate of drug-likeness (QED) is 0.692. The van der Waals surface area contributed by atoms with Crippen molar-refractivity contribution in [3.8, 4) is 0 Å². The van der Waals surface area contributed by atoms with Crippen molar-refractivity contribution in [1.29, 1.82) is 0 Å². The lowest BCUT2D eigenvalue weighted by Gasteiger charge is -2.33. The van der Waals surface area contributed by atoms with E-state index in [4.69, 9.17) is 0 Å². The maximum absolute atomic E-state index is 3.45. The zero-order valence-corrected chi connectivity index (χ0v) is 9.69. The SMILES string of the molecule is CC1CN(c2ccc(P)cc2)CCN1. The third-order valence-electron chi connectivity index (χ3n) is 2.63. The van der Waals surface area contributed by atoms with Gasteiger partial charge in [-0.25, -0.2) is 0 Å². The lowest BCUT2D eigenvalue weighted by molar-refractivity contribution is 0.485. The number of piperazine rings is 1. The zero-order chi connectivity index (χ0) is 9.97. The topological polar surface area (TPSA) is 15.3 Å². The molecule has 2 unspecified atom stereocenters. The minimum absolute atomic E-state index is 0.597. The van der Waals surface area contributed by atoms with E-state index in [1.54, 1.807) is 0 Å². The summed E-state index contributed by atoms with van der Waals surface area (Å²) in [5.74, 6) is 0. The van der Waals surface area contributed by atoms with E-state index in [2.05, 4.69) is 50.6 Å². The summed E-state index contributed by atoms with van der Waals surface area (Å²) in [6, 6.07) is 9.28. The number of benzene rings is 1. The van der Waals surface area contributed by atoms with E-state index in [1.165, 1.54) is 11.0 Å². The first-order chi connectivity index (χ1) is 6.75. The summed E-state index contributed by atoms with van der Waals surface area (Å²) < 4.78 is 0. The highest BCUT2D eigenvalue weighted by atomic mass is 31.0. The molecule has 14 heavy (non-hydrogen) atoms. The van der Waals surface area contributed by atoms with E-state index in [-0.39, 0.29) is 0 Å². The molecular formula is C11H17N2P. The van der Waals surface area contributed by atoms with Crippen LogP contribution < -0.4 is 15.5 Å². The van der Waals surface area contributed by atoms with Crippen LogP contribution in [0.15, 0.2) is 24.3 Å². The van der Waals surface area contributed by atoms with Gasteiger partial charge in [0.15, 0.2) is 0 Å². The Morgan fingerprint density at radius 3 is 2.71 bits per heavy atom. The fraction of sp³-hybridized carbons (Fsp3) is 0.455. The molecule has 0 spiro atoms. The van der Waals surface area contributed by atoms with Gasteiger partial charge in [0.25, 0.3) is 0 Å². The van der Waals surface area contributed by atoms with Gasteiger partial charge in [-0.15, -0.1) is 9.24 Å². The van der Waals surface area contributed by atoms with E-state index < -0.39 is 0 Å². The monoisotopic (exact) mass is 208 g/mol. The molecule has 0 bridgehead atoms. The Morgan fingerprint density at radius 1 is 1.36 bits per heavy atom. The molecule has 1 aliphatic heterocycles. The number of anilines is 1. The molecule has 1 aromatic carbocycles. The average Bonchev–Trinajstić information content (AvgIpc) is 2.19. The van der Waals surface area contributed by atoms with Crippen LogP contribution in [0.2, 0.25) is 0 Å². The summed E-state index contributed by atoms with van der Waals surface area (Å²) in [4.78, 5) is 2.44. The lowest BCUT2D eigenvalue weighted by atomic mass is 10.2. The first-order valence-electron chi connectivity index (χ1n) is 5.09. The number of hydrogen-bond donors (Lipinski definition) is 1. The van der Waals surface area contributed by atoms with Gasteiger partial charge in [-0.2, -0.15) is 0 Å². The molecule has 2 nitrogen and oxygen atoms in total. The van der Waals surface area contributed by atoms with Crippen LogP contribution in [0.4, 0.5) is 5.69 Å². The number of nitrogens with zero attached hydrogens (tertiary/aromatic N) is 1. The summed E-state index contributed by atoms with van der Waals surface area (Å²) in [5.41, 5.74) is 1.34. The van der Waals surface area contributed by atoms with Crippen LogP contribution in [0.1, 0.15) is 6.92 Å². The highest BCUT2D eigenvalue weighted by molar-refractivity contribution is 7.27. The molecule has 1 aliphatic rings. The predicted octanol–water partition coefficient (Wildman–Crippen LogP) is 0.985. The molecule has 1 aromatic rings.